The maximum atomic E-state index is 13.0. The molecule has 0 fully saturated rings. The number of carbonyl (C=O) groups is 4. The monoisotopic (exact) mass is 1340 g/mol. The van der Waals surface area contributed by atoms with Gasteiger partial charge in [0.25, 0.3) is 0 Å². The van der Waals surface area contributed by atoms with Crippen LogP contribution in [0.5, 0.6) is 0 Å². The van der Waals surface area contributed by atoms with E-state index in [9.17, 15) is 43.2 Å². The highest BCUT2D eigenvalue weighted by Gasteiger charge is 2.30. The van der Waals surface area contributed by atoms with Gasteiger partial charge in [-0.3, -0.25) is 37.3 Å². The minimum atomic E-state index is -4.95. The molecular formula is C72H140O17P2. The summed E-state index contributed by atoms with van der Waals surface area (Å²) in [7, 11) is -9.90. The summed E-state index contributed by atoms with van der Waals surface area (Å²) in [5, 5.41) is 10.6. The minimum absolute atomic E-state index is 0.101. The van der Waals surface area contributed by atoms with Crippen molar-refractivity contribution in [2.24, 2.45) is 23.7 Å². The smallest absolute Gasteiger partial charge is 0.462 e. The van der Waals surface area contributed by atoms with Crippen molar-refractivity contribution < 1.29 is 80.2 Å². The summed E-state index contributed by atoms with van der Waals surface area (Å²) in [5.41, 5.74) is 0. The molecule has 0 amide bonds. The minimum Gasteiger partial charge on any atom is -0.462 e. The van der Waals surface area contributed by atoms with Gasteiger partial charge in [0.2, 0.25) is 0 Å². The Balaban J connectivity index is 5.22. The van der Waals surface area contributed by atoms with Crippen LogP contribution in [0.3, 0.4) is 0 Å². The van der Waals surface area contributed by atoms with Crippen LogP contribution >= 0.6 is 15.6 Å². The number of phosphoric ester groups is 2. The first-order chi connectivity index (χ1) is 43.6. The summed E-state index contributed by atoms with van der Waals surface area (Å²) < 4.78 is 68.3. The average molecular weight is 1340 g/mol. The van der Waals surface area contributed by atoms with E-state index in [1.54, 1.807) is 0 Å². The molecule has 19 heteroatoms. The first-order valence-electron chi connectivity index (χ1n) is 37.2. The Morgan fingerprint density at radius 3 is 0.780 bits per heavy atom. The lowest BCUT2D eigenvalue weighted by atomic mass is 10.00. The Hall–Kier alpha value is -1.94. The van der Waals surface area contributed by atoms with E-state index in [0.717, 1.165) is 114 Å². The highest BCUT2D eigenvalue weighted by Crippen LogP contribution is 2.45. The van der Waals surface area contributed by atoms with Crippen LogP contribution in [-0.2, 0) is 65.4 Å². The number of rotatable bonds is 69. The summed E-state index contributed by atoms with van der Waals surface area (Å²) >= 11 is 0. The van der Waals surface area contributed by atoms with Crippen LogP contribution in [0.4, 0.5) is 0 Å². The van der Waals surface area contributed by atoms with Gasteiger partial charge in [-0.25, -0.2) is 9.13 Å². The largest absolute Gasteiger partial charge is 0.472 e. The highest BCUT2D eigenvalue weighted by molar-refractivity contribution is 7.47. The lowest BCUT2D eigenvalue weighted by Gasteiger charge is -2.21. The van der Waals surface area contributed by atoms with E-state index in [4.69, 9.17) is 37.0 Å². The molecule has 17 nitrogen and oxygen atoms in total. The second-order valence-corrected chi connectivity index (χ2v) is 30.6. The summed E-state index contributed by atoms with van der Waals surface area (Å²) in [4.78, 5) is 72.6. The number of aliphatic hydroxyl groups is 1. The molecule has 0 saturated heterocycles. The molecular weight excluding hydrogens is 1200 g/mol. The Labute approximate surface area is 556 Å². The Morgan fingerprint density at radius 1 is 0.308 bits per heavy atom. The Kier molecular flexibility index (Phi) is 60.3. The first kappa shape index (κ1) is 89.1. The van der Waals surface area contributed by atoms with Crippen molar-refractivity contribution in [3.05, 3.63) is 0 Å². The number of carbonyl (C=O) groups excluding carboxylic acids is 4. The third kappa shape index (κ3) is 65.1. The van der Waals surface area contributed by atoms with Crippen LogP contribution in [0.1, 0.15) is 357 Å². The zero-order valence-electron chi connectivity index (χ0n) is 59.5. The molecule has 0 aliphatic carbocycles. The second kappa shape index (κ2) is 61.6. The van der Waals surface area contributed by atoms with Gasteiger partial charge in [-0.1, -0.05) is 306 Å². The molecule has 3 N–H and O–H groups in total. The fourth-order valence-electron chi connectivity index (χ4n) is 10.8. The molecule has 0 heterocycles. The summed E-state index contributed by atoms with van der Waals surface area (Å²) in [6, 6.07) is 0. The predicted molar refractivity (Wildman–Crippen MR) is 367 cm³/mol. The molecule has 3 unspecified atom stereocenters. The van der Waals surface area contributed by atoms with Gasteiger partial charge in [0.05, 0.1) is 26.4 Å². The van der Waals surface area contributed by atoms with Gasteiger partial charge in [0, 0.05) is 25.7 Å². The maximum absolute atomic E-state index is 13.0. The van der Waals surface area contributed by atoms with Gasteiger partial charge >= 0.3 is 39.5 Å². The number of esters is 4. The molecule has 0 aliphatic rings. The SMILES string of the molecule is CCC(C)CCCCCCCCC(=O)OC[C@H](COP(=O)(O)OC[C@H](O)COP(=O)(O)OC[C@@H](COC(=O)CCCCCCCCCCCCCCCCC(C)C)OC(=O)CCCCCCCCCCCCCCC(C)C)OC(=O)CCCCCCCCC(C)C. The quantitative estimate of drug-likeness (QED) is 0.0222. The molecule has 91 heavy (non-hydrogen) atoms. The van der Waals surface area contributed by atoms with Gasteiger partial charge in [-0.05, 0) is 49.4 Å². The topological polar surface area (TPSA) is 237 Å². The average Bonchev–Trinajstić information content (AvgIpc) is 3.25. The van der Waals surface area contributed by atoms with Gasteiger partial charge in [-0.2, -0.15) is 0 Å². The number of unbranched alkanes of at least 4 members (excludes halogenated alkanes) is 34. The second-order valence-electron chi connectivity index (χ2n) is 27.6. The van der Waals surface area contributed by atoms with Crippen molar-refractivity contribution in [1.29, 1.82) is 0 Å². The number of ether oxygens (including phenoxy) is 4. The van der Waals surface area contributed by atoms with Crippen molar-refractivity contribution in [1.82, 2.24) is 0 Å². The summed E-state index contributed by atoms with van der Waals surface area (Å²) in [5.74, 6) is 0.845. The molecule has 0 aliphatic heterocycles. The van der Waals surface area contributed by atoms with E-state index in [-0.39, 0.29) is 25.7 Å². The zero-order valence-corrected chi connectivity index (χ0v) is 61.3. The van der Waals surface area contributed by atoms with Crippen molar-refractivity contribution in [3.8, 4) is 0 Å². The van der Waals surface area contributed by atoms with E-state index >= 15 is 0 Å². The van der Waals surface area contributed by atoms with E-state index in [1.165, 1.54) is 154 Å². The Morgan fingerprint density at radius 2 is 0.527 bits per heavy atom. The summed E-state index contributed by atoms with van der Waals surface area (Å²) in [6.07, 6.45) is 44.7. The molecule has 0 rings (SSSR count). The molecule has 540 valence electrons. The number of aliphatic hydroxyl groups excluding tert-OH is 1. The van der Waals surface area contributed by atoms with Gasteiger partial charge < -0.3 is 33.8 Å². The lowest BCUT2D eigenvalue weighted by molar-refractivity contribution is -0.161. The Bertz CT molecular complexity index is 1800. The van der Waals surface area contributed by atoms with Gasteiger partial charge in [0.1, 0.15) is 19.3 Å². The van der Waals surface area contributed by atoms with Crippen molar-refractivity contribution in [3.63, 3.8) is 0 Å². The standard InChI is InChI=1S/C72H140O17P2/c1-9-65(8)51-43-35-29-31-37-45-53-70(75)83-59-68(89-72(77)55-47-39-30-28-34-42-50-64(6)7)61-87-91(80,81)85-57-66(73)56-84-90(78,79)86-60-67(88-71(76)54-46-38-27-23-19-15-14-17-21-25-33-41-49-63(4)5)58-82-69(74)52-44-36-26-22-18-13-11-10-12-16-20-24-32-40-48-62(2)3/h62-68,73H,9-61H2,1-8H3,(H,78,79)(H,80,81)/t65?,66-,67-,68-/m1/s1. The van der Waals surface area contributed by atoms with E-state index in [0.29, 0.717) is 31.6 Å². The van der Waals surface area contributed by atoms with Crippen molar-refractivity contribution in [2.75, 3.05) is 39.6 Å². The molecule has 6 atom stereocenters. The van der Waals surface area contributed by atoms with Crippen molar-refractivity contribution >= 4 is 39.5 Å². The fourth-order valence-corrected chi connectivity index (χ4v) is 12.4. The third-order valence-corrected chi connectivity index (χ3v) is 18.8. The van der Waals surface area contributed by atoms with Crippen LogP contribution in [0.25, 0.3) is 0 Å². The molecule has 0 spiro atoms. The highest BCUT2D eigenvalue weighted by atomic mass is 31.2. The van der Waals surface area contributed by atoms with Crippen LogP contribution in [0, 0.1) is 23.7 Å². The molecule has 0 saturated carbocycles. The predicted octanol–water partition coefficient (Wildman–Crippen LogP) is 20.5. The number of hydrogen-bond donors (Lipinski definition) is 3. The fraction of sp³-hybridized carbons (Fsp3) is 0.944. The lowest BCUT2D eigenvalue weighted by Crippen LogP contribution is -2.30. The molecule has 0 radical (unpaired) electrons. The van der Waals surface area contributed by atoms with Crippen LogP contribution < -0.4 is 0 Å². The molecule has 0 aromatic heterocycles. The van der Waals surface area contributed by atoms with Crippen molar-refractivity contribution in [2.45, 2.75) is 375 Å². The zero-order chi connectivity index (χ0) is 67.5. The van der Waals surface area contributed by atoms with E-state index in [2.05, 4.69) is 55.4 Å². The summed E-state index contributed by atoms with van der Waals surface area (Å²) in [6.45, 7) is 14.1. The van der Waals surface area contributed by atoms with Gasteiger partial charge in [-0.15, -0.1) is 0 Å². The third-order valence-electron chi connectivity index (χ3n) is 16.9. The number of hydrogen-bond acceptors (Lipinski definition) is 15. The van der Waals surface area contributed by atoms with E-state index in [1.807, 2.05) is 0 Å². The van der Waals surface area contributed by atoms with Crippen LogP contribution in [0.2, 0.25) is 0 Å². The van der Waals surface area contributed by atoms with Crippen LogP contribution in [-0.4, -0.2) is 96.7 Å². The van der Waals surface area contributed by atoms with E-state index < -0.39 is 97.5 Å². The van der Waals surface area contributed by atoms with Crippen LogP contribution in [0.15, 0.2) is 0 Å². The number of phosphoric acid groups is 2. The normalized spacial score (nSPS) is 14.5. The maximum Gasteiger partial charge on any atom is 0.472 e. The van der Waals surface area contributed by atoms with Gasteiger partial charge in [0.15, 0.2) is 12.2 Å². The first-order valence-corrected chi connectivity index (χ1v) is 40.2. The molecule has 0 bridgehead atoms. The molecule has 0 aromatic carbocycles. The molecule has 0 aromatic rings.